The second-order valence-corrected chi connectivity index (χ2v) is 3.94. The summed E-state index contributed by atoms with van der Waals surface area (Å²) in [5, 5.41) is 14.4. The smallest absolute Gasteiger partial charge is 0.239 e. The van der Waals surface area contributed by atoms with Crippen LogP contribution in [0, 0.1) is 11.3 Å². The number of carbonyl (C=O) groups excluding carboxylic acids is 1. The zero-order valence-corrected chi connectivity index (χ0v) is 9.23. The van der Waals surface area contributed by atoms with E-state index in [9.17, 15) is 4.79 Å². The molecule has 0 aliphatic heterocycles. The van der Waals surface area contributed by atoms with Gasteiger partial charge in [0.2, 0.25) is 5.91 Å². The number of nitrogens with one attached hydrogen (secondary N) is 2. The number of rotatable bonds is 4. The first-order valence-corrected chi connectivity index (χ1v) is 5.39. The first kappa shape index (κ1) is 11.2. The summed E-state index contributed by atoms with van der Waals surface area (Å²) >= 11 is 0. The van der Waals surface area contributed by atoms with Crippen molar-refractivity contribution in [2.24, 2.45) is 0 Å². The van der Waals surface area contributed by atoms with Crippen molar-refractivity contribution in [2.75, 3.05) is 17.6 Å². The first-order valence-electron chi connectivity index (χ1n) is 5.39. The lowest BCUT2D eigenvalue weighted by Crippen LogP contribution is -2.31. The van der Waals surface area contributed by atoms with Crippen LogP contribution in [0.4, 0.5) is 11.5 Å². The standard InChI is InChI=1S/C11H13N5O/c12-5-9-8(13)3-4-10(16-9)14-6-11(17)15-7-1-2-7/h3-4,7H,1-2,6,13H2,(H,14,16)(H,15,17). The fourth-order valence-electron chi connectivity index (χ4n) is 1.34. The Morgan fingerprint density at radius 1 is 1.59 bits per heavy atom. The molecule has 0 radical (unpaired) electrons. The van der Waals surface area contributed by atoms with E-state index in [1.54, 1.807) is 12.1 Å². The molecule has 0 atom stereocenters. The maximum absolute atomic E-state index is 11.4. The van der Waals surface area contributed by atoms with Crippen molar-refractivity contribution in [1.82, 2.24) is 10.3 Å². The molecule has 0 saturated heterocycles. The van der Waals surface area contributed by atoms with Crippen LogP contribution < -0.4 is 16.4 Å². The van der Waals surface area contributed by atoms with Crippen LogP contribution in [-0.4, -0.2) is 23.5 Å². The van der Waals surface area contributed by atoms with E-state index in [-0.39, 0.29) is 18.1 Å². The number of hydrogen-bond acceptors (Lipinski definition) is 5. The predicted octanol–water partition coefficient (Wildman–Crippen LogP) is 0.226. The summed E-state index contributed by atoms with van der Waals surface area (Å²) in [7, 11) is 0. The third-order valence-electron chi connectivity index (χ3n) is 2.40. The predicted molar refractivity (Wildman–Crippen MR) is 63.0 cm³/mol. The number of nitrogen functional groups attached to an aromatic ring is 1. The molecule has 1 fully saturated rings. The van der Waals surface area contributed by atoms with Gasteiger partial charge in [-0.1, -0.05) is 0 Å². The maximum atomic E-state index is 11.4. The summed E-state index contributed by atoms with van der Waals surface area (Å²) in [6.07, 6.45) is 2.12. The number of amides is 1. The minimum Gasteiger partial charge on any atom is -0.396 e. The molecule has 1 aromatic heterocycles. The molecule has 1 aromatic rings. The number of hydrogen-bond donors (Lipinski definition) is 3. The molecule has 0 spiro atoms. The van der Waals surface area contributed by atoms with Gasteiger partial charge in [-0.25, -0.2) is 4.98 Å². The Morgan fingerprint density at radius 3 is 3.00 bits per heavy atom. The molecule has 1 aliphatic rings. The Bertz CT molecular complexity index is 475. The van der Waals surface area contributed by atoms with Crippen molar-refractivity contribution in [1.29, 1.82) is 5.26 Å². The zero-order chi connectivity index (χ0) is 12.3. The van der Waals surface area contributed by atoms with E-state index >= 15 is 0 Å². The summed E-state index contributed by atoms with van der Waals surface area (Å²) in [6, 6.07) is 5.46. The molecule has 1 amide bonds. The van der Waals surface area contributed by atoms with E-state index in [2.05, 4.69) is 15.6 Å². The van der Waals surface area contributed by atoms with Crippen molar-refractivity contribution < 1.29 is 4.79 Å². The largest absolute Gasteiger partial charge is 0.396 e. The van der Waals surface area contributed by atoms with Gasteiger partial charge in [-0.2, -0.15) is 5.26 Å². The van der Waals surface area contributed by atoms with Gasteiger partial charge in [0.05, 0.1) is 12.2 Å². The fraction of sp³-hybridized carbons (Fsp3) is 0.364. The fourth-order valence-corrected chi connectivity index (χ4v) is 1.34. The Hall–Kier alpha value is -2.29. The number of nitrogens with two attached hydrogens (primary N) is 1. The molecule has 0 unspecified atom stereocenters. The van der Waals surface area contributed by atoms with Crippen LogP contribution in [0.25, 0.3) is 0 Å². The molecule has 4 N–H and O–H groups in total. The highest BCUT2D eigenvalue weighted by Gasteiger charge is 2.22. The molecule has 1 saturated carbocycles. The van der Waals surface area contributed by atoms with Crippen LogP contribution in [0.3, 0.4) is 0 Å². The lowest BCUT2D eigenvalue weighted by atomic mass is 10.3. The van der Waals surface area contributed by atoms with Gasteiger partial charge < -0.3 is 16.4 Å². The van der Waals surface area contributed by atoms with Gasteiger partial charge in [0.15, 0.2) is 5.69 Å². The van der Waals surface area contributed by atoms with Crippen molar-refractivity contribution in [3.8, 4) is 6.07 Å². The summed E-state index contributed by atoms with van der Waals surface area (Å²) in [4.78, 5) is 15.4. The van der Waals surface area contributed by atoms with E-state index in [4.69, 9.17) is 11.0 Å². The third-order valence-corrected chi connectivity index (χ3v) is 2.40. The quantitative estimate of drug-likeness (QED) is 0.688. The molecule has 0 aromatic carbocycles. The third kappa shape index (κ3) is 3.08. The Labute approximate surface area is 98.8 Å². The van der Waals surface area contributed by atoms with E-state index in [0.29, 0.717) is 17.5 Å². The van der Waals surface area contributed by atoms with E-state index in [1.807, 2.05) is 6.07 Å². The number of aromatic nitrogens is 1. The summed E-state index contributed by atoms with van der Waals surface area (Å²) in [6.45, 7) is 0.151. The van der Waals surface area contributed by atoms with Crippen LogP contribution in [0.15, 0.2) is 12.1 Å². The van der Waals surface area contributed by atoms with Crippen molar-refractivity contribution >= 4 is 17.4 Å². The Morgan fingerprint density at radius 2 is 2.35 bits per heavy atom. The maximum Gasteiger partial charge on any atom is 0.239 e. The number of carbonyl (C=O) groups is 1. The molecule has 1 aliphatic carbocycles. The normalized spacial score (nSPS) is 13.8. The first-order chi connectivity index (χ1) is 8.19. The number of nitrogens with zero attached hydrogens (tertiary/aromatic N) is 2. The minimum atomic E-state index is -0.0652. The van der Waals surface area contributed by atoms with Gasteiger partial charge in [-0.05, 0) is 25.0 Å². The molecule has 6 heteroatoms. The van der Waals surface area contributed by atoms with Crippen molar-refractivity contribution in [2.45, 2.75) is 18.9 Å². The number of nitriles is 1. The van der Waals surface area contributed by atoms with Crippen molar-refractivity contribution in [3.63, 3.8) is 0 Å². The van der Waals surface area contributed by atoms with Crippen LogP contribution in [0.1, 0.15) is 18.5 Å². The van der Waals surface area contributed by atoms with E-state index < -0.39 is 0 Å². The van der Waals surface area contributed by atoms with Crippen LogP contribution >= 0.6 is 0 Å². The second kappa shape index (κ2) is 4.70. The molecule has 1 heterocycles. The lowest BCUT2D eigenvalue weighted by Gasteiger charge is -2.07. The average Bonchev–Trinajstić information content (AvgIpc) is 3.12. The molecule has 17 heavy (non-hydrogen) atoms. The summed E-state index contributed by atoms with van der Waals surface area (Å²) < 4.78 is 0. The Balaban J connectivity index is 1.89. The highest BCUT2D eigenvalue weighted by atomic mass is 16.2. The molecule has 2 rings (SSSR count). The summed E-state index contributed by atoms with van der Waals surface area (Å²) in [5.74, 6) is 0.409. The lowest BCUT2D eigenvalue weighted by molar-refractivity contribution is -0.119. The van der Waals surface area contributed by atoms with Crippen molar-refractivity contribution in [3.05, 3.63) is 17.8 Å². The highest BCUT2D eigenvalue weighted by molar-refractivity contribution is 5.81. The second-order valence-electron chi connectivity index (χ2n) is 3.94. The topological polar surface area (TPSA) is 104 Å². The van der Waals surface area contributed by atoms with Gasteiger partial charge in [0.25, 0.3) is 0 Å². The highest BCUT2D eigenvalue weighted by Crippen LogP contribution is 2.18. The zero-order valence-electron chi connectivity index (χ0n) is 9.23. The van der Waals surface area contributed by atoms with E-state index in [0.717, 1.165) is 12.8 Å². The molecular formula is C11H13N5O. The van der Waals surface area contributed by atoms with Crippen LogP contribution in [0.2, 0.25) is 0 Å². The van der Waals surface area contributed by atoms with Gasteiger partial charge in [-0.3, -0.25) is 4.79 Å². The van der Waals surface area contributed by atoms with Gasteiger partial charge in [0, 0.05) is 6.04 Å². The number of pyridine rings is 1. The monoisotopic (exact) mass is 231 g/mol. The Kier molecular flexibility index (Phi) is 3.10. The summed E-state index contributed by atoms with van der Waals surface area (Å²) in [5.41, 5.74) is 6.04. The molecule has 88 valence electrons. The SMILES string of the molecule is N#Cc1nc(NCC(=O)NC2CC2)ccc1N. The molecular weight excluding hydrogens is 218 g/mol. The van der Waals surface area contributed by atoms with E-state index in [1.165, 1.54) is 0 Å². The average molecular weight is 231 g/mol. The van der Waals surface area contributed by atoms with Gasteiger partial charge in [0.1, 0.15) is 11.9 Å². The van der Waals surface area contributed by atoms with Gasteiger partial charge in [-0.15, -0.1) is 0 Å². The minimum absolute atomic E-state index is 0.0652. The van der Waals surface area contributed by atoms with Gasteiger partial charge >= 0.3 is 0 Å². The van der Waals surface area contributed by atoms with Crippen LogP contribution in [-0.2, 0) is 4.79 Å². The molecule has 6 nitrogen and oxygen atoms in total. The number of anilines is 2. The molecule has 0 bridgehead atoms. The van der Waals surface area contributed by atoms with Crippen LogP contribution in [0.5, 0.6) is 0 Å².